The molecule has 13 heavy (non-hydrogen) atoms. The molecule has 0 saturated carbocycles. The standard InChI is InChI=1S/C9H19BrO3/c1-2-3-4-5-6-7-8(10)9(11,12)13/h8,11-13H,2-7H2,1H3. The number of rotatable bonds is 7. The van der Waals surface area contributed by atoms with Gasteiger partial charge in [0.05, 0.1) is 4.83 Å². The van der Waals surface area contributed by atoms with Gasteiger partial charge in [-0.3, -0.25) is 0 Å². The summed E-state index contributed by atoms with van der Waals surface area (Å²) >= 11 is 3.02. The fourth-order valence-corrected chi connectivity index (χ4v) is 1.44. The van der Waals surface area contributed by atoms with Crippen molar-refractivity contribution in [3.8, 4) is 0 Å². The minimum Gasteiger partial charge on any atom is -0.343 e. The van der Waals surface area contributed by atoms with Crippen LogP contribution >= 0.6 is 15.9 Å². The number of unbranched alkanes of at least 4 members (excludes halogenated alkanes) is 4. The van der Waals surface area contributed by atoms with E-state index in [0.29, 0.717) is 6.42 Å². The summed E-state index contributed by atoms with van der Waals surface area (Å²) in [5, 5.41) is 26.3. The van der Waals surface area contributed by atoms with E-state index in [9.17, 15) is 0 Å². The largest absolute Gasteiger partial charge is 0.343 e. The van der Waals surface area contributed by atoms with E-state index in [1.54, 1.807) is 0 Å². The van der Waals surface area contributed by atoms with Gasteiger partial charge in [0, 0.05) is 0 Å². The average Bonchev–Trinajstić information content (AvgIpc) is 2.02. The van der Waals surface area contributed by atoms with Crippen LogP contribution in [0.4, 0.5) is 0 Å². The number of halogens is 1. The fourth-order valence-electron chi connectivity index (χ4n) is 1.12. The van der Waals surface area contributed by atoms with Gasteiger partial charge in [-0.2, -0.15) is 0 Å². The van der Waals surface area contributed by atoms with E-state index in [1.807, 2.05) is 0 Å². The van der Waals surface area contributed by atoms with Gasteiger partial charge in [-0.25, -0.2) is 0 Å². The zero-order valence-electron chi connectivity index (χ0n) is 8.04. The van der Waals surface area contributed by atoms with E-state index in [4.69, 9.17) is 15.3 Å². The number of alkyl halides is 1. The Bertz CT molecular complexity index is 123. The van der Waals surface area contributed by atoms with Gasteiger partial charge >= 0.3 is 0 Å². The quantitative estimate of drug-likeness (QED) is 0.369. The molecule has 0 aliphatic rings. The van der Waals surface area contributed by atoms with Crippen molar-refractivity contribution in [3.63, 3.8) is 0 Å². The second-order valence-electron chi connectivity index (χ2n) is 3.36. The molecule has 0 aliphatic heterocycles. The maximum Gasteiger partial charge on any atom is 0.288 e. The minimum atomic E-state index is -2.58. The highest BCUT2D eigenvalue weighted by atomic mass is 79.9. The van der Waals surface area contributed by atoms with E-state index in [2.05, 4.69) is 22.9 Å². The van der Waals surface area contributed by atoms with Crippen molar-refractivity contribution in [2.75, 3.05) is 0 Å². The van der Waals surface area contributed by atoms with Gasteiger partial charge in [-0.05, 0) is 6.42 Å². The SMILES string of the molecule is CCCCCCCC(Br)C(O)(O)O. The Hall–Kier alpha value is 0.360. The van der Waals surface area contributed by atoms with Crippen molar-refractivity contribution in [1.29, 1.82) is 0 Å². The molecule has 1 unspecified atom stereocenters. The predicted molar refractivity (Wildman–Crippen MR) is 55.5 cm³/mol. The van der Waals surface area contributed by atoms with Crippen LogP contribution in [-0.2, 0) is 0 Å². The Morgan fingerprint density at radius 3 is 2.08 bits per heavy atom. The summed E-state index contributed by atoms with van der Waals surface area (Å²) in [7, 11) is 0. The first-order chi connectivity index (χ1) is 5.98. The van der Waals surface area contributed by atoms with Crippen LogP contribution in [0.3, 0.4) is 0 Å². The van der Waals surface area contributed by atoms with Crippen LogP contribution in [0.2, 0.25) is 0 Å². The van der Waals surface area contributed by atoms with Crippen molar-refractivity contribution >= 4 is 15.9 Å². The average molecular weight is 255 g/mol. The summed E-state index contributed by atoms with van der Waals surface area (Å²) < 4.78 is 0. The zero-order valence-corrected chi connectivity index (χ0v) is 9.63. The van der Waals surface area contributed by atoms with Crippen LogP contribution in [0.25, 0.3) is 0 Å². The molecule has 0 radical (unpaired) electrons. The van der Waals surface area contributed by atoms with E-state index < -0.39 is 10.8 Å². The molecule has 3 nitrogen and oxygen atoms in total. The highest BCUT2D eigenvalue weighted by Gasteiger charge is 2.28. The highest BCUT2D eigenvalue weighted by molar-refractivity contribution is 9.09. The van der Waals surface area contributed by atoms with Crippen LogP contribution in [0.1, 0.15) is 45.4 Å². The molecule has 0 fully saturated rings. The second kappa shape index (κ2) is 6.76. The Morgan fingerprint density at radius 2 is 1.62 bits per heavy atom. The first-order valence-electron chi connectivity index (χ1n) is 4.79. The normalized spacial score (nSPS) is 14.5. The van der Waals surface area contributed by atoms with Crippen LogP contribution in [0.5, 0.6) is 0 Å². The molecule has 0 amide bonds. The van der Waals surface area contributed by atoms with Gasteiger partial charge in [0.25, 0.3) is 5.97 Å². The van der Waals surface area contributed by atoms with E-state index in [0.717, 1.165) is 12.8 Å². The Balaban J connectivity index is 3.32. The summed E-state index contributed by atoms with van der Waals surface area (Å²) in [6.07, 6.45) is 6.14. The first-order valence-corrected chi connectivity index (χ1v) is 5.71. The molecule has 3 N–H and O–H groups in total. The zero-order chi connectivity index (χ0) is 10.3. The summed E-state index contributed by atoms with van der Waals surface area (Å²) in [5.74, 6) is -2.58. The van der Waals surface area contributed by atoms with Crippen molar-refractivity contribution < 1.29 is 15.3 Å². The second-order valence-corrected chi connectivity index (χ2v) is 4.46. The molecule has 0 aromatic carbocycles. The van der Waals surface area contributed by atoms with Gasteiger partial charge in [0.15, 0.2) is 0 Å². The molecule has 0 aromatic rings. The molecule has 1 atom stereocenters. The third-order valence-corrected chi connectivity index (χ3v) is 3.05. The molecule has 0 heterocycles. The van der Waals surface area contributed by atoms with E-state index in [-0.39, 0.29) is 0 Å². The van der Waals surface area contributed by atoms with Crippen molar-refractivity contribution in [2.45, 2.75) is 56.2 Å². The Kier molecular flexibility index (Phi) is 6.95. The third-order valence-electron chi connectivity index (χ3n) is 1.98. The van der Waals surface area contributed by atoms with Gasteiger partial charge in [0.1, 0.15) is 0 Å². The van der Waals surface area contributed by atoms with Crippen LogP contribution in [-0.4, -0.2) is 26.1 Å². The lowest BCUT2D eigenvalue weighted by Gasteiger charge is -2.20. The molecule has 0 bridgehead atoms. The predicted octanol–water partition coefficient (Wildman–Crippen LogP) is 1.74. The lowest BCUT2D eigenvalue weighted by Crippen LogP contribution is -2.37. The molecular formula is C9H19BrO3. The summed E-state index contributed by atoms with van der Waals surface area (Å²) in [4.78, 5) is -0.651. The molecular weight excluding hydrogens is 236 g/mol. The number of hydrogen-bond donors (Lipinski definition) is 3. The number of hydrogen-bond acceptors (Lipinski definition) is 3. The minimum absolute atomic E-state index is 0.577. The third kappa shape index (κ3) is 7.43. The monoisotopic (exact) mass is 254 g/mol. The molecule has 0 spiro atoms. The molecule has 0 saturated heterocycles. The van der Waals surface area contributed by atoms with Crippen molar-refractivity contribution in [2.24, 2.45) is 0 Å². The maximum atomic E-state index is 8.75. The molecule has 0 aliphatic carbocycles. The maximum absolute atomic E-state index is 8.75. The highest BCUT2D eigenvalue weighted by Crippen LogP contribution is 2.19. The molecule has 80 valence electrons. The first kappa shape index (κ1) is 13.4. The summed E-state index contributed by atoms with van der Waals surface area (Å²) in [6, 6.07) is 0. The smallest absolute Gasteiger partial charge is 0.288 e. The van der Waals surface area contributed by atoms with E-state index in [1.165, 1.54) is 19.3 Å². The Labute approximate surface area is 87.9 Å². The lowest BCUT2D eigenvalue weighted by molar-refractivity contribution is -0.309. The van der Waals surface area contributed by atoms with E-state index >= 15 is 0 Å². The Morgan fingerprint density at radius 1 is 1.08 bits per heavy atom. The van der Waals surface area contributed by atoms with Gasteiger partial charge in [-0.15, -0.1) is 0 Å². The van der Waals surface area contributed by atoms with Gasteiger partial charge < -0.3 is 15.3 Å². The fraction of sp³-hybridized carbons (Fsp3) is 1.00. The summed E-state index contributed by atoms with van der Waals surface area (Å²) in [6.45, 7) is 2.15. The molecule has 4 heteroatoms. The van der Waals surface area contributed by atoms with Gasteiger partial charge in [0.2, 0.25) is 0 Å². The van der Waals surface area contributed by atoms with Crippen molar-refractivity contribution in [1.82, 2.24) is 0 Å². The molecule has 0 rings (SSSR count). The molecule has 0 aromatic heterocycles. The lowest BCUT2D eigenvalue weighted by atomic mass is 10.1. The summed E-state index contributed by atoms with van der Waals surface area (Å²) in [5.41, 5.74) is 0. The van der Waals surface area contributed by atoms with Crippen LogP contribution in [0, 0.1) is 0 Å². The van der Waals surface area contributed by atoms with Crippen LogP contribution in [0.15, 0.2) is 0 Å². The topological polar surface area (TPSA) is 60.7 Å². The van der Waals surface area contributed by atoms with Crippen LogP contribution < -0.4 is 0 Å². The number of aliphatic hydroxyl groups is 3. The van der Waals surface area contributed by atoms with Crippen molar-refractivity contribution in [3.05, 3.63) is 0 Å². The van der Waals surface area contributed by atoms with Gasteiger partial charge in [-0.1, -0.05) is 55.0 Å².